The summed E-state index contributed by atoms with van der Waals surface area (Å²) in [5, 5.41) is 3.95. The van der Waals surface area contributed by atoms with Crippen molar-refractivity contribution in [2.24, 2.45) is 5.10 Å². The predicted octanol–water partition coefficient (Wildman–Crippen LogP) is 4.33. The first-order valence-corrected chi connectivity index (χ1v) is 8.88. The molecule has 0 unspecified atom stereocenters. The Balaban J connectivity index is 1.78. The number of rotatable bonds is 9. The molecular weight excluding hydrogens is 328 g/mol. The van der Waals surface area contributed by atoms with Gasteiger partial charge in [-0.15, -0.1) is 0 Å². The number of ether oxygens (including phenoxy) is 1. The average molecular weight is 352 g/mol. The second-order valence-electron chi connectivity index (χ2n) is 5.93. The lowest BCUT2D eigenvalue weighted by molar-refractivity contribution is -0.121. The van der Waals surface area contributed by atoms with E-state index >= 15 is 0 Å². The molecular formula is C21H24N2O3. The molecule has 2 aromatic carbocycles. The molecule has 0 fully saturated rings. The number of nitrogens with zero attached hydrogens (tertiary/aromatic N) is 1. The van der Waals surface area contributed by atoms with E-state index in [1.807, 2.05) is 6.07 Å². The second-order valence-corrected chi connectivity index (χ2v) is 5.93. The first-order chi connectivity index (χ1) is 12.7. The number of carbonyl (C=O) groups is 2. The Labute approximate surface area is 154 Å². The highest BCUT2D eigenvalue weighted by molar-refractivity contribution is 5.91. The molecule has 0 aliphatic heterocycles. The highest BCUT2D eigenvalue weighted by Gasteiger charge is 2.07. The van der Waals surface area contributed by atoms with E-state index in [4.69, 9.17) is 4.74 Å². The lowest BCUT2D eigenvalue weighted by Gasteiger charge is -2.04. The van der Waals surface area contributed by atoms with Crippen molar-refractivity contribution < 1.29 is 14.3 Å². The molecule has 0 bridgehead atoms. The highest BCUT2D eigenvalue weighted by Crippen LogP contribution is 2.13. The molecule has 5 nitrogen and oxygen atoms in total. The van der Waals surface area contributed by atoms with Crippen LogP contribution in [0.2, 0.25) is 0 Å². The zero-order chi connectivity index (χ0) is 18.6. The fourth-order valence-electron chi connectivity index (χ4n) is 2.31. The predicted molar refractivity (Wildman–Crippen MR) is 102 cm³/mol. The monoisotopic (exact) mass is 352 g/mol. The number of hydrazone groups is 1. The van der Waals surface area contributed by atoms with Crippen LogP contribution < -0.4 is 10.2 Å². The van der Waals surface area contributed by atoms with Gasteiger partial charge in [0.05, 0.1) is 11.8 Å². The van der Waals surface area contributed by atoms with Crippen LogP contribution in [0.5, 0.6) is 5.75 Å². The lowest BCUT2D eigenvalue weighted by Crippen LogP contribution is -2.16. The van der Waals surface area contributed by atoms with Crippen molar-refractivity contribution in [1.82, 2.24) is 5.43 Å². The summed E-state index contributed by atoms with van der Waals surface area (Å²) in [5.41, 5.74) is 3.82. The molecule has 0 heterocycles. The maximum absolute atomic E-state index is 12.0. The summed E-state index contributed by atoms with van der Waals surface area (Å²) in [7, 11) is 0. The highest BCUT2D eigenvalue weighted by atomic mass is 16.5. The van der Waals surface area contributed by atoms with Crippen LogP contribution in [-0.2, 0) is 4.79 Å². The minimum absolute atomic E-state index is 0.0780. The molecule has 136 valence electrons. The standard InChI is InChI=1S/C21H24N2O3/c1-2-3-4-8-11-20(24)23-22-16-17-12-14-19(15-13-17)26-21(25)18-9-6-5-7-10-18/h5-7,9-10,12-16H,2-4,8,11H2,1H3,(H,23,24)/b22-16-. The molecule has 0 saturated carbocycles. The molecule has 0 spiro atoms. The van der Waals surface area contributed by atoms with Gasteiger partial charge in [-0.3, -0.25) is 4.79 Å². The Morgan fingerprint density at radius 2 is 1.73 bits per heavy atom. The molecule has 2 rings (SSSR count). The molecule has 0 radical (unpaired) electrons. The molecule has 0 aliphatic carbocycles. The van der Waals surface area contributed by atoms with Crippen LogP contribution in [0.15, 0.2) is 59.7 Å². The molecule has 0 aliphatic rings. The van der Waals surface area contributed by atoms with Gasteiger partial charge in [0, 0.05) is 6.42 Å². The van der Waals surface area contributed by atoms with Gasteiger partial charge in [0.1, 0.15) is 5.75 Å². The van der Waals surface area contributed by atoms with Gasteiger partial charge in [-0.05, 0) is 48.4 Å². The third-order valence-electron chi connectivity index (χ3n) is 3.76. The van der Waals surface area contributed by atoms with Gasteiger partial charge in [-0.25, -0.2) is 10.2 Å². The van der Waals surface area contributed by atoms with Gasteiger partial charge < -0.3 is 4.74 Å². The third kappa shape index (κ3) is 6.89. The Morgan fingerprint density at radius 3 is 2.42 bits per heavy atom. The molecule has 2 aromatic rings. The summed E-state index contributed by atoms with van der Waals surface area (Å²) in [5.74, 6) is -0.0240. The van der Waals surface area contributed by atoms with E-state index in [0.29, 0.717) is 17.7 Å². The Morgan fingerprint density at radius 1 is 1.00 bits per heavy atom. The lowest BCUT2D eigenvalue weighted by atomic mass is 10.1. The van der Waals surface area contributed by atoms with Gasteiger partial charge in [-0.2, -0.15) is 5.10 Å². The van der Waals surface area contributed by atoms with Gasteiger partial charge in [0.25, 0.3) is 0 Å². The van der Waals surface area contributed by atoms with Crippen LogP contribution in [-0.4, -0.2) is 18.1 Å². The van der Waals surface area contributed by atoms with Crippen LogP contribution in [0.25, 0.3) is 0 Å². The van der Waals surface area contributed by atoms with Gasteiger partial charge in [0.2, 0.25) is 5.91 Å². The van der Waals surface area contributed by atoms with Gasteiger partial charge in [0.15, 0.2) is 0 Å². The molecule has 0 atom stereocenters. The van der Waals surface area contributed by atoms with Gasteiger partial charge >= 0.3 is 5.97 Å². The molecule has 1 amide bonds. The number of hydrogen-bond donors (Lipinski definition) is 1. The maximum atomic E-state index is 12.0. The number of unbranched alkanes of at least 4 members (excludes halogenated alkanes) is 3. The fraction of sp³-hybridized carbons (Fsp3) is 0.286. The Kier molecular flexibility index (Phi) is 8.06. The molecule has 0 saturated heterocycles. The summed E-state index contributed by atoms with van der Waals surface area (Å²) in [6, 6.07) is 15.7. The molecule has 26 heavy (non-hydrogen) atoms. The minimum Gasteiger partial charge on any atom is -0.423 e. The van der Waals surface area contributed by atoms with Crippen LogP contribution in [0.1, 0.15) is 54.9 Å². The molecule has 1 N–H and O–H groups in total. The summed E-state index contributed by atoms with van der Waals surface area (Å²) in [6.07, 6.45) is 6.31. The quantitative estimate of drug-likeness (QED) is 0.240. The fourth-order valence-corrected chi connectivity index (χ4v) is 2.31. The largest absolute Gasteiger partial charge is 0.423 e. The second kappa shape index (κ2) is 10.8. The Hall–Kier alpha value is -2.95. The van der Waals surface area contributed by atoms with E-state index in [9.17, 15) is 9.59 Å². The van der Waals surface area contributed by atoms with Crippen molar-refractivity contribution in [3.05, 3.63) is 65.7 Å². The van der Waals surface area contributed by atoms with E-state index in [2.05, 4.69) is 17.5 Å². The number of hydrogen-bond acceptors (Lipinski definition) is 4. The summed E-state index contributed by atoms with van der Waals surface area (Å²) >= 11 is 0. The summed E-state index contributed by atoms with van der Waals surface area (Å²) in [6.45, 7) is 2.14. The van der Waals surface area contributed by atoms with Crippen molar-refractivity contribution in [2.45, 2.75) is 39.0 Å². The number of amides is 1. The first-order valence-electron chi connectivity index (χ1n) is 8.88. The SMILES string of the molecule is CCCCCCC(=O)N/N=C\c1ccc(OC(=O)c2ccccc2)cc1. The van der Waals surface area contributed by atoms with Crippen molar-refractivity contribution in [3.8, 4) is 5.75 Å². The van der Waals surface area contributed by atoms with Gasteiger partial charge in [-0.1, -0.05) is 44.4 Å². The number of carbonyl (C=O) groups excluding carboxylic acids is 2. The number of nitrogens with one attached hydrogen (secondary N) is 1. The van der Waals surface area contributed by atoms with Crippen LogP contribution in [0.3, 0.4) is 0 Å². The van der Waals surface area contributed by atoms with Crippen LogP contribution in [0.4, 0.5) is 0 Å². The normalized spacial score (nSPS) is 10.7. The summed E-state index contributed by atoms with van der Waals surface area (Å²) < 4.78 is 5.31. The maximum Gasteiger partial charge on any atom is 0.343 e. The van der Waals surface area contributed by atoms with Crippen molar-refractivity contribution in [2.75, 3.05) is 0 Å². The van der Waals surface area contributed by atoms with Crippen molar-refractivity contribution in [1.29, 1.82) is 0 Å². The Bertz CT molecular complexity index is 725. The smallest absolute Gasteiger partial charge is 0.343 e. The van der Waals surface area contributed by atoms with E-state index in [0.717, 1.165) is 31.2 Å². The van der Waals surface area contributed by atoms with Crippen LogP contribution in [0, 0.1) is 0 Å². The number of esters is 1. The third-order valence-corrected chi connectivity index (χ3v) is 3.76. The van der Waals surface area contributed by atoms with E-state index in [-0.39, 0.29) is 5.91 Å². The van der Waals surface area contributed by atoms with E-state index < -0.39 is 5.97 Å². The van der Waals surface area contributed by atoms with E-state index in [1.54, 1.807) is 54.7 Å². The minimum atomic E-state index is -0.401. The number of benzene rings is 2. The van der Waals surface area contributed by atoms with Crippen LogP contribution >= 0.6 is 0 Å². The topological polar surface area (TPSA) is 67.8 Å². The molecule has 5 heteroatoms. The summed E-state index contributed by atoms with van der Waals surface area (Å²) in [4.78, 5) is 23.6. The zero-order valence-corrected chi connectivity index (χ0v) is 15.0. The zero-order valence-electron chi connectivity index (χ0n) is 15.0. The average Bonchev–Trinajstić information content (AvgIpc) is 2.67. The van der Waals surface area contributed by atoms with Crippen molar-refractivity contribution in [3.63, 3.8) is 0 Å². The van der Waals surface area contributed by atoms with Crippen molar-refractivity contribution >= 4 is 18.1 Å². The first kappa shape index (κ1) is 19.4. The molecule has 0 aromatic heterocycles. The van der Waals surface area contributed by atoms with E-state index in [1.165, 1.54) is 0 Å².